The molecule has 0 saturated carbocycles. The third-order valence-electron chi connectivity index (χ3n) is 3.69. The fourth-order valence-electron chi connectivity index (χ4n) is 2.32. The highest BCUT2D eigenvalue weighted by atomic mass is 16.5. The zero-order valence-electron chi connectivity index (χ0n) is 14.9. The van der Waals surface area contributed by atoms with Gasteiger partial charge in [-0.2, -0.15) is 0 Å². The van der Waals surface area contributed by atoms with E-state index >= 15 is 0 Å². The lowest BCUT2D eigenvalue weighted by Crippen LogP contribution is -2.26. The molecule has 0 aliphatic heterocycles. The van der Waals surface area contributed by atoms with E-state index in [-0.39, 0.29) is 5.91 Å². The Bertz CT molecular complexity index is 755. The van der Waals surface area contributed by atoms with E-state index in [9.17, 15) is 9.59 Å². The van der Waals surface area contributed by atoms with Crippen LogP contribution in [-0.2, 0) is 4.74 Å². The van der Waals surface area contributed by atoms with Gasteiger partial charge in [-0.15, -0.1) is 0 Å². The second kappa shape index (κ2) is 8.23. The number of esters is 1. The number of benzene rings is 1. The molecule has 1 heterocycles. The molecule has 1 amide bonds. The summed E-state index contributed by atoms with van der Waals surface area (Å²) >= 11 is 0. The van der Waals surface area contributed by atoms with Crippen LogP contribution in [0.25, 0.3) is 0 Å². The van der Waals surface area contributed by atoms with E-state index in [1.165, 1.54) is 7.11 Å². The SMILES string of the molecule is CCN(CC)c1nc(C)cc(C(=O)Nc2ccc(C(=O)OC)cc2)n1. The minimum atomic E-state index is -0.423. The molecular weight excluding hydrogens is 320 g/mol. The van der Waals surface area contributed by atoms with Gasteiger partial charge < -0.3 is 15.0 Å². The normalized spacial score (nSPS) is 10.2. The largest absolute Gasteiger partial charge is 0.465 e. The van der Waals surface area contributed by atoms with Crippen molar-refractivity contribution < 1.29 is 14.3 Å². The molecule has 1 aromatic heterocycles. The molecule has 7 heteroatoms. The molecule has 2 aromatic rings. The number of ether oxygens (including phenoxy) is 1. The molecule has 0 bridgehead atoms. The molecule has 0 unspecified atom stereocenters. The molecule has 0 aliphatic carbocycles. The predicted octanol–water partition coefficient (Wildman–Crippen LogP) is 2.67. The van der Waals surface area contributed by atoms with Gasteiger partial charge in [0.1, 0.15) is 5.69 Å². The average molecular weight is 342 g/mol. The van der Waals surface area contributed by atoms with Crippen molar-refractivity contribution in [3.63, 3.8) is 0 Å². The number of nitrogens with zero attached hydrogens (tertiary/aromatic N) is 3. The molecule has 0 atom stereocenters. The van der Waals surface area contributed by atoms with Crippen LogP contribution in [0, 0.1) is 6.92 Å². The van der Waals surface area contributed by atoms with Gasteiger partial charge in [-0.1, -0.05) is 0 Å². The summed E-state index contributed by atoms with van der Waals surface area (Å²) in [6.45, 7) is 7.37. The Morgan fingerprint density at radius 1 is 1.12 bits per heavy atom. The van der Waals surface area contributed by atoms with E-state index in [2.05, 4.69) is 20.0 Å². The summed E-state index contributed by atoms with van der Waals surface area (Å²) in [5.41, 5.74) is 2.01. The predicted molar refractivity (Wildman–Crippen MR) is 96.1 cm³/mol. The van der Waals surface area contributed by atoms with Crippen LogP contribution in [0.3, 0.4) is 0 Å². The number of hydrogen-bond donors (Lipinski definition) is 1. The van der Waals surface area contributed by atoms with E-state index in [4.69, 9.17) is 0 Å². The molecule has 0 radical (unpaired) electrons. The number of aromatic nitrogens is 2. The Morgan fingerprint density at radius 3 is 2.32 bits per heavy atom. The van der Waals surface area contributed by atoms with Gasteiger partial charge in [0.05, 0.1) is 12.7 Å². The molecule has 0 spiro atoms. The van der Waals surface area contributed by atoms with Gasteiger partial charge in [0, 0.05) is 24.5 Å². The Labute approximate surface area is 147 Å². The molecule has 7 nitrogen and oxygen atoms in total. The lowest BCUT2D eigenvalue weighted by Gasteiger charge is -2.19. The smallest absolute Gasteiger partial charge is 0.337 e. The number of carbonyl (C=O) groups excluding carboxylic acids is 2. The van der Waals surface area contributed by atoms with Crippen LogP contribution < -0.4 is 10.2 Å². The van der Waals surface area contributed by atoms with Crippen LogP contribution in [0.15, 0.2) is 30.3 Å². The van der Waals surface area contributed by atoms with Crippen LogP contribution >= 0.6 is 0 Å². The molecule has 25 heavy (non-hydrogen) atoms. The van der Waals surface area contributed by atoms with Crippen LogP contribution in [0.5, 0.6) is 0 Å². The van der Waals surface area contributed by atoms with Gasteiger partial charge in [-0.05, 0) is 51.1 Å². The monoisotopic (exact) mass is 342 g/mol. The lowest BCUT2D eigenvalue weighted by atomic mass is 10.2. The third-order valence-corrected chi connectivity index (χ3v) is 3.69. The molecule has 1 aromatic carbocycles. The van der Waals surface area contributed by atoms with E-state index in [0.29, 0.717) is 22.9 Å². The first-order valence-electron chi connectivity index (χ1n) is 8.08. The zero-order valence-corrected chi connectivity index (χ0v) is 14.9. The molecule has 0 saturated heterocycles. The number of hydrogen-bond acceptors (Lipinski definition) is 6. The summed E-state index contributed by atoms with van der Waals surface area (Å²) in [5, 5.41) is 2.77. The number of carbonyl (C=O) groups is 2. The fourth-order valence-corrected chi connectivity index (χ4v) is 2.32. The summed E-state index contributed by atoms with van der Waals surface area (Å²) in [5.74, 6) is -0.214. The van der Waals surface area contributed by atoms with Crippen molar-refractivity contribution in [1.82, 2.24) is 9.97 Å². The second-order valence-electron chi connectivity index (χ2n) is 5.39. The van der Waals surface area contributed by atoms with E-state index in [1.807, 2.05) is 25.7 Å². The molecule has 0 aliphatic rings. The van der Waals surface area contributed by atoms with Crippen molar-refractivity contribution in [1.29, 1.82) is 0 Å². The van der Waals surface area contributed by atoms with Gasteiger partial charge in [-0.25, -0.2) is 14.8 Å². The first-order valence-corrected chi connectivity index (χ1v) is 8.08. The summed E-state index contributed by atoms with van der Waals surface area (Å²) < 4.78 is 4.65. The van der Waals surface area contributed by atoms with Crippen molar-refractivity contribution >= 4 is 23.5 Å². The Balaban J connectivity index is 2.19. The summed E-state index contributed by atoms with van der Waals surface area (Å²) in [6, 6.07) is 8.11. The van der Waals surface area contributed by atoms with Crippen molar-refractivity contribution in [2.45, 2.75) is 20.8 Å². The van der Waals surface area contributed by atoms with Gasteiger partial charge in [0.15, 0.2) is 0 Å². The van der Waals surface area contributed by atoms with E-state index in [1.54, 1.807) is 30.3 Å². The fraction of sp³-hybridized carbons (Fsp3) is 0.333. The molecule has 132 valence electrons. The number of rotatable bonds is 6. The minimum absolute atomic E-state index is 0.298. The quantitative estimate of drug-likeness (QED) is 0.813. The van der Waals surface area contributed by atoms with Crippen LogP contribution in [-0.4, -0.2) is 42.0 Å². The number of aryl methyl sites for hydroxylation is 1. The Morgan fingerprint density at radius 2 is 1.76 bits per heavy atom. The van der Waals surface area contributed by atoms with Gasteiger partial charge in [0.2, 0.25) is 5.95 Å². The minimum Gasteiger partial charge on any atom is -0.465 e. The molecule has 0 fully saturated rings. The van der Waals surface area contributed by atoms with Crippen molar-refractivity contribution in [2.24, 2.45) is 0 Å². The molecular formula is C18H22N4O3. The standard InChI is InChI=1S/C18H22N4O3/c1-5-22(6-2)18-19-12(3)11-15(21-18)16(23)20-14-9-7-13(8-10-14)17(24)25-4/h7-11H,5-6H2,1-4H3,(H,20,23). The summed E-state index contributed by atoms with van der Waals surface area (Å²) in [6.07, 6.45) is 0. The van der Waals surface area contributed by atoms with E-state index in [0.717, 1.165) is 18.8 Å². The highest BCUT2D eigenvalue weighted by Crippen LogP contribution is 2.14. The number of amides is 1. The van der Waals surface area contributed by atoms with Gasteiger partial charge >= 0.3 is 5.97 Å². The van der Waals surface area contributed by atoms with Crippen molar-refractivity contribution in [2.75, 3.05) is 30.4 Å². The Kier molecular flexibility index (Phi) is 6.05. The van der Waals surface area contributed by atoms with Crippen LogP contribution in [0.4, 0.5) is 11.6 Å². The number of anilines is 2. The second-order valence-corrected chi connectivity index (χ2v) is 5.39. The summed E-state index contributed by atoms with van der Waals surface area (Å²) in [4.78, 5) is 34.6. The third kappa shape index (κ3) is 4.53. The Hall–Kier alpha value is -2.96. The topological polar surface area (TPSA) is 84.4 Å². The van der Waals surface area contributed by atoms with Gasteiger partial charge in [-0.3, -0.25) is 4.79 Å². The maximum Gasteiger partial charge on any atom is 0.337 e. The maximum absolute atomic E-state index is 12.5. The lowest BCUT2D eigenvalue weighted by molar-refractivity contribution is 0.0600. The zero-order chi connectivity index (χ0) is 18.4. The number of nitrogens with one attached hydrogen (secondary N) is 1. The van der Waals surface area contributed by atoms with Crippen molar-refractivity contribution in [3.8, 4) is 0 Å². The average Bonchev–Trinajstić information content (AvgIpc) is 2.62. The van der Waals surface area contributed by atoms with Crippen molar-refractivity contribution in [3.05, 3.63) is 47.3 Å². The van der Waals surface area contributed by atoms with Crippen LogP contribution in [0.1, 0.15) is 40.4 Å². The summed E-state index contributed by atoms with van der Waals surface area (Å²) in [7, 11) is 1.32. The first-order chi connectivity index (χ1) is 12.0. The molecule has 1 N–H and O–H groups in total. The highest BCUT2D eigenvalue weighted by Gasteiger charge is 2.14. The number of methoxy groups -OCH3 is 1. The highest BCUT2D eigenvalue weighted by molar-refractivity contribution is 6.03. The first kappa shape index (κ1) is 18.4. The maximum atomic E-state index is 12.5. The molecule has 2 rings (SSSR count). The van der Waals surface area contributed by atoms with Gasteiger partial charge in [0.25, 0.3) is 5.91 Å². The van der Waals surface area contributed by atoms with Crippen LogP contribution in [0.2, 0.25) is 0 Å². The van der Waals surface area contributed by atoms with E-state index < -0.39 is 5.97 Å².